The van der Waals surface area contributed by atoms with Crippen LogP contribution in [-0.2, 0) is 15.3 Å². The third-order valence-electron chi connectivity index (χ3n) is 2.85. The fraction of sp³-hybridized carbons (Fsp3) is 0.571. The summed E-state index contributed by atoms with van der Waals surface area (Å²) >= 11 is 3.31. The summed E-state index contributed by atoms with van der Waals surface area (Å²) in [5.74, 6) is 0.310. The normalized spacial score (nSPS) is 14.5. The highest BCUT2D eigenvalue weighted by atomic mass is 79.9. The Hall–Kier alpha value is -0.350. The van der Waals surface area contributed by atoms with E-state index in [1.165, 1.54) is 0 Å². The van der Waals surface area contributed by atoms with Crippen LogP contribution in [0.4, 0.5) is 0 Å². The van der Waals surface area contributed by atoms with E-state index in [-0.39, 0.29) is 17.1 Å². The van der Waals surface area contributed by atoms with Crippen molar-refractivity contribution >= 4 is 25.8 Å². The standard InChI is InChI=1S/C14H21BrO2S/c1-11(9-15)10-18(16,17)13-7-5-12(6-8-13)14(2,3)4/h5-8,11H,9-10H2,1-4H3. The Morgan fingerprint density at radius 3 is 2.06 bits per heavy atom. The molecule has 0 amide bonds. The Labute approximate surface area is 119 Å². The Balaban J connectivity index is 2.98. The van der Waals surface area contributed by atoms with Crippen LogP contribution in [0.5, 0.6) is 0 Å². The molecule has 2 nitrogen and oxygen atoms in total. The maximum absolute atomic E-state index is 12.1. The Morgan fingerprint density at radius 1 is 1.17 bits per heavy atom. The Bertz CT molecular complexity index is 484. The fourth-order valence-corrected chi connectivity index (χ4v) is 3.82. The average Bonchev–Trinajstić information content (AvgIpc) is 2.27. The van der Waals surface area contributed by atoms with Crippen molar-refractivity contribution in [3.8, 4) is 0 Å². The molecule has 0 spiro atoms. The molecule has 0 aliphatic rings. The van der Waals surface area contributed by atoms with Gasteiger partial charge in [0.2, 0.25) is 0 Å². The van der Waals surface area contributed by atoms with Gasteiger partial charge >= 0.3 is 0 Å². The van der Waals surface area contributed by atoms with Gasteiger partial charge in [-0.25, -0.2) is 8.42 Å². The molecule has 0 radical (unpaired) electrons. The molecule has 0 fully saturated rings. The lowest BCUT2D eigenvalue weighted by molar-refractivity contribution is 0.580. The molecule has 0 N–H and O–H groups in total. The number of rotatable bonds is 4. The van der Waals surface area contributed by atoms with Crippen LogP contribution in [0.1, 0.15) is 33.3 Å². The number of benzene rings is 1. The van der Waals surface area contributed by atoms with E-state index in [1.54, 1.807) is 12.1 Å². The smallest absolute Gasteiger partial charge is 0.178 e. The molecular formula is C14H21BrO2S. The molecule has 18 heavy (non-hydrogen) atoms. The molecule has 0 aromatic heterocycles. The molecule has 1 aromatic carbocycles. The maximum atomic E-state index is 12.1. The molecule has 102 valence electrons. The zero-order valence-electron chi connectivity index (χ0n) is 11.4. The van der Waals surface area contributed by atoms with Gasteiger partial charge in [-0.3, -0.25) is 0 Å². The van der Waals surface area contributed by atoms with Crippen LogP contribution in [0.25, 0.3) is 0 Å². The molecule has 1 aromatic rings. The van der Waals surface area contributed by atoms with Gasteiger partial charge in [-0.1, -0.05) is 55.8 Å². The van der Waals surface area contributed by atoms with Crippen LogP contribution in [-0.4, -0.2) is 19.5 Å². The fourth-order valence-electron chi connectivity index (χ4n) is 1.68. The summed E-state index contributed by atoms with van der Waals surface area (Å²) in [6.45, 7) is 8.27. The van der Waals surface area contributed by atoms with E-state index in [0.29, 0.717) is 10.2 Å². The first-order valence-electron chi connectivity index (χ1n) is 6.06. The van der Waals surface area contributed by atoms with Crippen molar-refractivity contribution in [2.24, 2.45) is 5.92 Å². The van der Waals surface area contributed by atoms with E-state index < -0.39 is 9.84 Å². The van der Waals surface area contributed by atoms with E-state index in [9.17, 15) is 8.42 Å². The molecule has 1 rings (SSSR count). The third-order valence-corrected chi connectivity index (χ3v) is 5.95. The summed E-state index contributed by atoms with van der Waals surface area (Å²) < 4.78 is 24.3. The minimum Gasteiger partial charge on any atom is -0.224 e. The first-order chi connectivity index (χ1) is 8.16. The van der Waals surface area contributed by atoms with Crippen molar-refractivity contribution in [2.75, 3.05) is 11.1 Å². The molecule has 0 bridgehead atoms. The topological polar surface area (TPSA) is 34.1 Å². The van der Waals surface area contributed by atoms with Crippen molar-refractivity contribution in [3.63, 3.8) is 0 Å². The molecule has 0 saturated carbocycles. The van der Waals surface area contributed by atoms with E-state index in [4.69, 9.17) is 0 Å². The van der Waals surface area contributed by atoms with Gasteiger partial charge in [0.1, 0.15) is 0 Å². The maximum Gasteiger partial charge on any atom is 0.178 e. The van der Waals surface area contributed by atoms with Crippen LogP contribution in [0.3, 0.4) is 0 Å². The van der Waals surface area contributed by atoms with E-state index in [2.05, 4.69) is 36.7 Å². The van der Waals surface area contributed by atoms with Crippen LogP contribution in [0, 0.1) is 5.92 Å². The van der Waals surface area contributed by atoms with Crippen LogP contribution < -0.4 is 0 Å². The number of halogens is 1. The highest BCUT2D eigenvalue weighted by Gasteiger charge is 2.19. The van der Waals surface area contributed by atoms with Gasteiger partial charge < -0.3 is 0 Å². The summed E-state index contributed by atoms with van der Waals surface area (Å²) in [6, 6.07) is 7.26. The first kappa shape index (κ1) is 15.7. The quantitative estimate of drug-likeness (QED) is 0.786. The first-order valence-corrected chi connectivity index (χ1v) is 8.83. The summed E-state index contributed by atoms with van der Waals surface area (Å²) in [7, 11) is -3.16. The van der Waals surface area contributed by atoms with Crippen molar-refractivity contribution in [3.05, 3.63) is 29.8 Å². The molecule has 0 heterocycles. The monoisotopic (exact) mass is 332 g/mol. The number of hydrogen-bond acceptors (Lipinski definition) is 2. The van der Waals surface area contributed by atoms with Crippen LogP contribution >= 0.6 is 15.9 Å². The predicted octanol–water partition coefficient (Wildman–Crippen LogP) is 3.79. The number of sulfone groups is 1. The van der Waals surface area contributed by atoms with E-state index >= 15 is 0 Å². The highest BCUT2D eigenvalue weighted by Crippen LogP contribution is 2.24. The summed E-state index contributed by atoms with van der Waals surface area (Å²) in [4.78, 5) is 0.420. The van der Waals surface area contributed by atoms with E-state index in [1.807, 2.05) is 19.1 Å². The van der Waals surface area contributed by atoms with Gasteiger partial charge in [-0.2, -0.15) is 0 Å². The zero-order valence-corrected chi connectivity index (χ0v) is 13.8. The van der Waals surface area contributed by atoms with Crippen molar-refractivity contribution in [1.29, 1.82) is 0 Å². The lowest BCUT2D eigenvalue weighted by Crippen LogP contribution is -2.16. The Kier molecular flexibility index (Phi) is 5.01. The predicted molar refractivity (Wildman–Crippen MR) is 80.2 cm³/mol. The molecule has 0 saturated heterocycles. The molecule has 0 aliphatic carbocycles. The lowest BCUT2D eigenvalue weighted by atomic mass is 9.87. The largest absolute Gasteiger partial charge is 0.224 e. The van der Waals surface area contributed by atoms with Gasteiger partial charge in [-0.15, -0.1) is 0 Å². The third kappa shape index (κ3) is 4.09. The molecule has 4 heteroatoms. The Morgan fingerprint density at radius 2 is 1.67 bits per heavy atom. The van der Waals surface area contributed by atoms with Crippen LogP contribution in [0.2, 0.25) is 0 Å². The van der Waals surface area contributed by atoms with Gasteiger partial charge in [0.25, 0.3) is 0 Å². The SMILES string of the molecule is CC(CBr)CS(=O)(=O)c1ccc(C(C)(C)C)cc1. The molecule has 0 aliphatic heterocycles. The van der Waals surface area contributed by atoms with Gasteiger partial charge in [0.15, 0.2) is 9.84 Å². The molecule has 1 unspecified atom stereocenters. The summed E-state index contributed by atoms with van der Waals surface area (Å²) in [5, 5.41) is 0.701. The summed E-state index contributed by atoms with van der Waals surface area (Å²) in [5.41, 5.74) is 1.20. The molecule has 1 atom stereocenters. The average molecular weight is 333 g/mol. The molecular weight excluding hydrogens is 312 g/mol. The van der Waals surface area contributed by atoms with E-state index in [0.717, 1.165) is 5.56 Å². The second kappa shape index (κ2) is 5.74. The van der Waals surface area contributed by atoms with Crippen molar-refractivity contribution < 1.29 is 8.42 Å². The minimum absolute atomic E-state index is 0.0471. The van der Waals surface area contributed by atoms with Gasteiger partial charge in [0, 0.05) is 5.33 Å². The van der Waals surface area contributed by atoms with Gasteiger partial charge in [-0.05, 0) is 29.0 Å². The number of alkyl halides is 1. The zero-order chi connectivity index (χ0) is 14.0. The minimum atomic E-state index is -3.16. The lowest BCUT2D eigenvalue weighted by Gasteiger charge is -2.19. The second-order valence-electron chi connectivity index (χ2n) is 5.82. The summed E-state index contributed by atoms with van der Waals surface area (Å²) in [6.07, 6.45) is 0. The number of hydrogen-bond donors (Lipinski definition) is 0. The second-order valence-corrected chi connectivity index (χ2v) is 8.50. The van der Waals surface area contributed by atoms with Gasteiger partial charge in [0.05, 0.1) is 10.6 Å². The van der Waals surface area contributed by atoms with Crippen LogP contribution in [0.15, 0.2) is 29.2 Å². The highest BCUT2D eigenvalue weighted by molar-refractivity contribution is 9.09. The van der Waals surface area contributed by atoms with Crippen molar-refractivity contribution in [1.82, 2.24) is 0 Å². The van der Waals surface area contributed by atoms with Crippen molar-refractivity contribution in [2.45, 2.75) is 38.0 Å².